The lowest BCUT2D eigenvalue weighted by molar-refractivity contribution is 0.0975. The number of nitrogens with zero attached hydrogens (tertiary/aromatic N) is 1. The van der Waals surface area contributed by atoms with Crippen molar-refractivity contribution >= 4 is 17.3 Å². The first-order valence-electron chi connectivity index (χ1n) is 10.3. The molecule has 0 spiro atoms. The van der Waals surface area contributed by atoms with Crippen LogP contribution < -0.4 is 15.0 Å². The zero-order valence-corrected chi connectivity index (χ0v) is 17.0. The molecule has 0 radical (unpaired) electrons. The van der Waals surface area contributed by atoms with Crippen LogP contribution in [0.3, 0.4) is 0 Å². The number of hydrogen-bond acceptors (Lipinski definition) is 3. The molecule has 5 heteroatoms. The highest BCUT2D eigenvalue weighted by atomic mass is 19.1. The molecule has 1 atom stereocenters. The molecule has 0 saturated heterocycles. The van der Waals surface area contributed by atoms with Gasteiger partial charge in [0.25, 0.3) is 5.91 Å². The van der Waals surface area contributed by atoms with Gasteiger partial charge in [0.15, 0.2) is 0 Å². The van der Waals surface area contributed by atoms with Crippen molar-refractivity contribution in [1.82, 2.24) is 0 Å². The molecule has 0 aliphatic carbocycles. The molecular formula is C25H25FN2O2. The predicted octanol–water partition coefficient (Wildman–Crippen LogP) is 6.17. The van der Waals surface area contributed by atoms with E-state index < -0.39 is 6.17 Å². The Morgan fingerprint density at radius 2 is 1.70 bits per heavy atom. The topological polar surface area (TPSA) is 41.6 Å². The number of anilines is 2. The van der Waals surface area contributed by atoms with Crippen molar-refractivity contribution in [2.45, 2.75) is 32.4 Å². The van der Waals surface area contributed by atoms with Gasteiger partial charge in [-0.25, -0.2) is 4.39 Å². The minimum atomic E-state index is -0.410. The lowest BCUT2D eigenvalue weighted by Crippen LogP contribution is -2.43. The van der Waals surface area contributed by atoms with E-state index in [4.69, 9.17) is 4.74 Å². The van der Waals surface area contributed by atoms with E-state index in [0.29, 0.717) is 17.9 Å². The molecule has 0 aromatic heterocycles. The summed E-state index contributed by atoms with van der Waals surface area (Å²) in [5.74, 6) is 0.351. The van der Waals surface area contributed by atoms with Gasteiger partial charge >= 0.3 is 0 Å². The summed E-state index contributed by atoms with van der Waals surface area (Å²) in [4.78, 5) is 15.0. The van der Waals surface area contributed by atoms with Crippen LogP contribution in [0.1, 0.15) is 48.3 Å². The van der Waals surface area contributed by atoms with Crippen LogP contribution in [0.25, 0.3) is 0 Å². The molecule has 1 aliphatic rings. The van der Waals surface area contributed by atoms with Crippen molar-refractivity contribution in [3.63, 3.8) is 0 Å². The number of carbonyl (C=O) groups is 1. The van der Waals surface area contributed by atoms with Gasteiger partial charge in [-0.1, -0.05) is 44.0 Å². The van der Waals surface area contributed by atoms with E-state index in [1.54, 1.807) is 23.1 Å². The molecule has 1 amide bonds. The summed E-state index contributed by atoms with van der Waals surface area (Å²) in [6, 6.07) is 21.2. The summed E-state index contributed by atoms with van der Waals surface area (Å²) in [6.45, 7) is 2.86. The van der Waals surface area contributed by atoms with E-state index in [9.17, 15) is 9.18 Å². The lowest BCUT2D eigenvalue weighted by atomic mass is 10.0. The van der Waals surface area contributed by atoms with Gasteiger partial charge in [-0.2, -0.15) is 0 Å². The van der Waals surface area contributed by atoms with Crippen LogP contribution in [-0.4, -0.2) is 12.5 Å². The smallest absolute Gasteiger partial charge is 0.262 e. The standard InChI is InChI=1S/C25H25FN2O2/c1-2-3-6-17-30-21-15-9-18(10-16-21)24-27-23-8-5-4-7-22(23)25(29)28(24)20-13-11-19(26)12-14-20/h4-5,7-16,24,27H,2-3,6,17H2,1H3. The van der Waals surface area contributed by atoms with Gasteiger partial charge in [0.05, 0.1) is 12.2 Å². The summed E-state index contributed by atoms with van der Waals surface area (Å²) in [5.41, 5.74) is 2.93. The highest BCUT2D eigenvalue weighted by Gasteiger charge is 2.33. The Morgan fingerprint density at radius 1 is 0.967 bits per heavy atom. The average molecular weight is 404 g/mol. The second-order valence-electron chi connectivity index (χ2n) is 7.37. The Hall–Kier alpha value is -3.34. The quantitative estimate of drug-likeness (QED) is 0.479. The monoisotopic (exact) mass is 404 g/mol. The van der Waals surface area contributed by atoms with E-state index >= 15 is 0 Å². The minimum Gasteiger partial charge on any atom is -0.494 e. The number of fused-ring (bicyclic) bond motifs is 1. The molecule has 4 nitrogen and oxygen atoms in total. The van der Waals surface area contributed by atoms with Gasteiger partial charge in [0, 0.05) is 11.4 Å². The van der Waals surface area contributed by atoms with Gasteiger partial charge in [0.2, 0.25) is 0 Å². The molecule has 3 aromatic rings. The fraction of sp³-hybridized carbons (Fsp3) is 0.240. The van der Waals surface area contributed by atoms with E-state index in [-0.39, 0.29) is 11.7 Å². The number of benzene rings is 3. The zero-order chi connectivity index (χ0) is 20.9. The first-order valence-corrected chi connectivity index (χ1v) is 10.3. The van der Waals surface area contributed by atoms with Crippen molar-refractivity contribution < 1.29 is 13.9 Å². The van der Waals surface area contributed by atoms with Crippen molar-refractivity contribution in [3.8, 4) is 5.75 Å². The Balaban J connectivity index is 1.64. The summed E-state index contributed by atoms with van der Waals surface area (Å²) in [5, 5.41) is 3.46. The number of carbonyl (C=O) groups excluding carboxylic acids is 1. The average Bonchev–Trinajstić information content (AvgIpc) is 2.78. The van der Waals surface area contributed by atoms with Crippen LogP contribution in [0.4, 0.5) is 15.8 Å². The van der Waals surface area contributed by atoms with Crippen LogP contribution in [0.5, 0.6) is 5.75 Å². The second-order valence-corrected chi connectivity index (χ2v) is 7.37. The summed E-state index contributed by atoms with van der Waals surface area (Å²) in [6.07, 6.45) is 2.93. The molecular weight excluding hydrogens is 379 g/mol. The molecule has 1 unspecified atom stereocenters. The maximum absolute atomic E-state index is 13.5. The van der Waals surface area contributed by atoms with E-state index in [1.165, 1.54) is 12.1 Å². The van der Waals surface area contributed by atoms with Gasteiger partial charge in [-0.05, 0) is 60.5 Å². The number of hydrogen-bond donors (Lipinski definition) is 1. The molecule has 154 valence electrons. The summed E-state index contributed by atoms with van der Waals surface area (Å²) >= 11 is 0. The third-order valence-corrected chi connectivity index (χ3v) is 5.24. The second kappa shape index (κ2) is 8.99. The lowest BCUT2D eigenvalue weighted by Gasteiger charge is -2.38. The summed E-state index contributed by atoms with van der Waals surface area (Å²) in [7, 11) is 0. The zero-order valence-electron chi connectivity index (χ0n) is 17.0. The number of nitrogens with one attached hydrogen (secondary N) is 1. The van der Waals surface area contributed by atoms with Gasteiger partial charge in [-0.15, -0.1) is 0 Å². The minimum absolute atomic E-state index is 0.124. The normalized spacial score (nSPS) is 15.5. The Morgan fingerprint density at radius 3 is 2.43 bits per heavy atom. The molecule has 30 heavy (non-hydrogen) atoms. The third kappa shape index (κ3) is 4.15. The first kappa shape index (κ1) is 20.0. The Labute approximate surface area is 176 Å². The highest BCUT2D eigenvalue weighted by molar-refractivity contribution is 6.12. The number of unbranched alkanes of at least 4 members (excludes halogenated alkanes) is 2. The van der Waals surface area contributed by atoms with Gasteiger partial charge in [-0.3, -0.25) is 9.69 Å². The van der Waals surface area contributed by atoms with Gasteiger partial charge in [0.1, 0.15) is 17.7 Å². The molecule has 0 bridgehead atoms. The number of ether oxygens (including phenoxy) is 1. The predicted molar refractivity (Wildman–Crippen MR) is 117 cm³/mol. The number of rotatable bonds is 7. The SMILES string of the molecule is CCCCCOc1ccc(C2Nc3ccccc3C(=O)N2c2ccc(F)cc2)cc1. The fourth-order valence-corrected chi connectivity index (χ4v) is 3.64. The van der Waals surface area contributed by atoms with Crippen LogP contribution in [-0.2, 0) is 0 Å². The van der Waals surface area contributed by atoms with Crippen molar-refractivity contribution in [2.75, 3.05) is 16.8 Å². The number of amides is 1. The van der Waals surface area contributed by atoms with Gasteiger partial charge < -0.3 is 10.1 Å². The van der Waals surface area contributed by atoms with Crippen LogP contribution >= 0.6 is 0 Å². The number of halogens is 1. The molecule has 0 saturated carbocycles. The fourth-order valence-electron chi connectivity index (χ4n) is 3.64. The molecule has 4 rings (SSSR count). The third-order valence-electron chi connectivity index (χ3n) is 5.24. The summed E-state index contributed by atoms with van der Waals surface area (Å²) < 4.78 is 19.3. The van der Waals surface area contributed by atoms with E-state index in [1.807, 2.05) is 42.5 Å². The van der Waals surface area contributed by atoms with Crippen LogP contribution in [0, 0.1) is 5.82 Å². The largest absolute Gasteiger partial charge is 0.494 e. The van der Waals surface area contributed by atoms with Crippen molar-refractivity contribution in [2.24, 2.45) is 0 Å². The van der Waals surface area contributed by atoms with Crippen molar-refractivity contribution in [3.05, 3.63) is 89.7 Å². The molecule has 1 heterocycles. The van der Waals surface area contributed by atoms with Crippen LogP contribution in [0.15, 0.2) is 72.8 Å². The number of para-hydroxylation sites is 1. The first-order chi connectivity index (χ1) is 14.7. The van der Waals surface area contributed by atoms with Crippen LogP contribution in [0.2, 0.25) is 0 Å². The van der Waals surface area contributed by atoms with E-state index in [2.05, 4.69) is 12.2 Å². The maximum Gasteiger partial charge on any atom is 0.262 e. The Bertz CT molecular complexity index is 1000. The molecule has 3 aromatic carbocycles. The van der Waals surface area contributed by atoms with E-state index in [0.717, 1.165) is 36.3 Å². The van der Waals surface area contributed by atoms with Crippen molar-refractivity contribution in [1.29, 1.82) is 0 Å². The molecule has 0 fully saturated rings. The highest BCUT2D eigenvalue weighted by Crippen LogP contribution is 2.37. The maximum atomic E-state index is 13.5. The molecule has 1 aliphatic heterocycles. The molecule has 1 N–H and O–H groups in total. The Kier molecular flexibility index (Phi) is 5.98.